The van der Waals surface area contributed by atoms with Crippen LogP contribution >= 0.6 is 22.6 Å². The van der Waals surface area contributed by atoms with Crippen molar-refractivity contribution in [3.8, 4) is 0 Å². The maximum absolute atomic E-state index is 13.1. The summed E-state index contributed by atoms with van der Waals surface area (Å²) in [7, 11) is 1.38. The molecule has 0 saturated carbocycles. The molecule has 2 nitrogen and oxygen atoms in total. The number of nitrogens with zero attached hydrogens (tertiary/aromatic N) is 1. The van der Waals surface area contributed by atoms with E-state index < -0.39 is 11.6 Å². The maximum atomic E-state index is 13.1. The first-order valence-corrected chi connectivity index (χ1v) is 4.22. The molecule has 1 aromatic rings. The highest BCUT2D eigenvalue weighted by atomic mass is 127. The maximum Gasteiger partial charge on any atom is 0.163 e. The molecule has 0 aliphatic carbocycles. The lowest BCUT2D eigenvalue weighted by atomic mass is 10.2. The molecular formula is C7H6F2INO. The molecule has 0 aromatic carbocycles. The molecular weight excluding hydrogens is 279 g/mol. The molecule has 0 fully saturated rings. The van der Waals surface area contributed by atoms with Crippen LogP contribution in [-0.2, 0) is 11.3 Å². The Morgan fingerprint density at radius 1 is 1.58 bits per heavy atom. The van der Waals surface area contributed by atoms with Crippen molar-refractivity contribution in [1.29, 1.82) is 0 Å². The number of pyridine rings is 1. The van der Waals surface area contributed by atoms with E-state index in [0.717, 1.165) is 6.20 Å². The summed E-state index contributed by atoms with van der Waals surface area (Å²) in [6.45, 7) is -0.0732. The van der Waals surface area contributed by atoms with Gasteiger partial charge in [0.05, 0.1) is 18.4 Å². The van der Waals surface area contributed by atoms with Crippen molar-refractivity contribution < 1.29 is 13.5 Å². The van der Waals surface area contributed by atoms with Crippen LogP contribution in [0, 0.1) is 15.3 Å². The van der Waals surface area contributed by atoms with Gasteiger partial charge in [0.2, 0.25) is 0 Å². The molecule has 0 amide bonds. The molecule has 0 N–H and O–H groups in total. The van der Waals surface area contributed by atoms with Gasteiger partial charge in [-0.3, -0.25) is 0 Å². The van der Waals surface area contributed by atoms with Gasteiger partial charge in [0, 0.05) is 7.11 Å². The van der Waals surface area contributed by atoms with Crippen LogP contribution in [0.1, 0.15) is 5.56 Å². The number of hydrogen-bond acceptors (Lipinski definition) is 2. The highest BCUT2D eigenvalue weighted by molar-refractivity contribution is 14.1. The first-order chi connectivity index (χ1) is 5.66. The standard InChI is InChI=1S/C7H6F2INO/c1-12-3-4-5(8)2-11-7(10)6(4)9/h2H,3H2,1H3. The lowest BCUT2D eigenvalue weighted by Crippen LogP contribution is -2.01. The predicted octanol–water partition coefficient (Wildman–Crippen LogP) is 2.11. The monoisotopic (exact) mass is 285 g/mol. The molecule has 0 saturated heterocycles. The van der Waals surface area contributed by atoms with Gasteiger partial charge < -0.3 is 4.74 Å². The van der Waals surface area contributed by atoms with Crippen molar-refractivity contribution in [2.24, 2.45) is 0 Å². The molecule has 66 valence electrons. The van der Waals surface area contributed by atoms with Crippen molar-refractivity contribution in [2.45, 2.75) is 6.61 Å². The average molecular weight is 285 g/mol. The zero-order valence-corrected chi connectivity index (χ0v) is 8.43. The van der Waals surface area contributed by atoms with E-state index >= 15 is 0 Å². The molecule has 1 rings (SSSR count). The third-order valence-corrected chi connectivity index (χ3v) is 2.07. The molecule has 0 aliphatic heterocycles. The van der Waals surface area contributed by atoms with E-state index in [4.69, 9.17) is 0 Å². The minimum Gasteiger partial charge on any atom is -0.380 e. The molecule has 5 heteroatoms. The van der Waals surface area contributed by atoms with Crippen molar-refractivity contribution >= 4 is 22.6 Å². The lowest BCUT2D eigenvalue weighted by Gasteiger charge is -2.03. The van der Waals surface area contributed by atoms with Crippen molar-refractivity contribution in [3.05, 3.63) is 27.1 Å². The summed E-state index contributed by atoms with van der Waals surface area (Å²) in [6.07, 6.45) is 0.985. The van der Waals surface area contributed by atoms with Gasteiger partial charge >= 0.3 is 0 Å². The molecule has 0 unspecified atom stereocenters. The molecule has 0 aliphatic rings. The van der Waals surface area contributed by atoms with Gasteiger partial charge in [0.1, 0.15) is 9.52 Å². The van der Waals surface area contributed by atoms with Crippen LogP contribution in [0.25, 0.3) is 0 Å². The van der Waals surface area contributed by atoms with Gasteiger partial charge in [-0.25, -0.2) is 13.8 Å². The second kappa shape index (κ2) is 4.08. The van der Waals surface area contributed by atoms with E-state index in [9.17, 15) is 8.78 Å². The minimum atomic E-state index is -0.672. The summed E-state index contributed by atoms with van der Waals surface area (Å²) >= 11 is 1.70. The van der Waals surface area contributed by atoms with Crippen molar-refractivity contribution in [3.63, 3.8) is 0 Å². The fourth-order valence-electron chi connectivity index (χ4n) is 0.754. The van der Waals surface area contributed by atoms with Crippen LogP contribution in [0.3, 0.4) is 0 Å². The number of aromatic nitrogens is 1. The van der Waals surface area contributed by atoms with Gasteiger partial charge in [-0.1, -0.05) is 0 Å². The quantitative estimate of drug-likeness (QED) is 0.613. The Hall–Kier alpha value is -0.300. The van der Waals surface area contributed by atoms with E-state index in [-0.39, 0.29) is 15.9 Å². The van der Waals surface area contributed by atoms with Gasteiger partial charge in [0.15, 0.2) is 5.82 Å². The molecule has 0 radical (unpaired) electrons. The van der Waals surface area contributed by atoms with Crippen LogP contribution in [0.15, 0.2) is 6.20 Å². The molecule has 0 bridgehead atoms. The summed E-state index contributed by atoms with van der Waals surface area (Å²) in [5, 5.41) is 0. The van der Waals surface area contributed by atoms with E-state index in [1.165, 1.54) is 7.11 Å². The fraction of sp³-hybridized carbons (Fsp3) is 0.286. The number of halogens is 3. The Bertz CT molecular complexity index is 293. The Morgan fingerprint density at radius 2 is 2.25 bits per heavy atom. The lowest BCUT2D eigenvalue weighted by molar-refractivity contribution is 0.177. The Kier molecular flexibility index (Phi) is 3.33. The van der Waals surface area contributed by atoms with E-state index in [1.807, 2.05) is 0 Å². The predicted molar refractivity (Wildman–Crippen MR) is 47.6 cm³/mol. The van der Waals surface area contributed by atoms with Gasteiger partial charge in [-0.05, 0) is 22.6 Å². The molecule has 1 aromatic heterocycles. The minimum absolute atomic E-state index is 0.0723. The van der Waals surface area contributed by atoms with Gasteiger partial charge in [-0.15, -0.1) is 0 Å². The number of rotatable bonds is 2. The Labute approximate surface area is 82.1 Å². The van der Waals surface area contributed by atoms with Gasteiger partial charge in [0.25, 0.3) is 0 Å². The first kappa shape index (κ1) is 9.79. The Balaban J connectivity index is 3.14. The second-order valence-corrected chi connectivity index (χ2v) is 3.14. The van der Waals surface area contributed by atoms with E-state index in [1.54, 1.807) is 22.6 Å². The highest BCUT2D eigenvalue weighted by Crippen LogP contribution is 2.16. The number of hydrogen-bond donors (Lipinski definition) is 0. The molecule has 1 heterocycles. The normalized spacial score (nSPS) is 10.3. The SMILES string of the molecule is COCc1c(F)cnc(I)c1F. The van der Waals surface area contributed by atoms with E-state index in [0.29, 0.717) is 0 Å². The topological polar surface area (TPSA) is 22.1 Å². The van der Waals surface area contributed by atoms with Crippen LogP contribution in [0.4, 0.5) is 8.78 Å². The fourth-order valence-corrected chi connectivity index (χ4v) is 1.22. The van der Waals surface area contributed by atoms with Crippen LogP contribution in [0.5, 0.6) is 0 Å². The summed E-state index contributed by atoms with van der Waals surface area (Å²) < 4.78 is 30.7. The smallest absolute Gasteiger partial charge is 0.163 e. The number of methoxy groups -OCH3 is 1. The first-order valence-electron chi connectivity index (χ1n) is 3.14. The highest BCUT2D eigenvalue weighted by Gasteiger charge is 2.12. The van der Waals surface area contributed by atoms with Crippen molar-refractivity contribution in [1.82, 2.24) is 4.98 Å². The van der Waals surface area contributed by atoms with Crippen LogP contribution in [-0.4, -0.2) is 12.1 Å². The summed E-state index contributed by atoms with van der Waals surface area (Å²) in [4.78, 5) is 3.50. The largest absolute Gasteiger partial charge is 0.380 e. The Morgan fingerprint density at radius 3 is 2.83 bits per heavy atom. The van der Waals surface area contributed by atoms with E-state index in [2.05, 4.69) is 9.72 Å². The van der Waals surface area contributed by atoms with Crippen LogP contribution < -0.4 is 0 Å². The van der Waals surface area contributed by atoms with Crippen LogP contribution in [0.2, 0.25) is 0 Å². The third-order valence-electron chi connectivity index (χ3n) is 1.31. The summed E-state index contributed by atoms with van der Waals surface area (Å²) in [6, 6.07) is 0. The zero-order valence-electron chi connectivity index (χ0n) is 6.27. The molecule has 12 heavy (non-hydrogen) atoms. The average Bonchev–Trinajstić information content (AvgIpc) is 2.06. The summed E-state index contributed by atoms with van der Waals surface area (Å²) in [5.41, 5.74) is -0.0723. The second-order valence-electron chi connectivity index (χ2n) is 2.12. The zero-order chi connectivity index (χ0) is 9.14. The van der Waals surface area contributed by atoms with Gasteiger partial charge in [-0.2, -0.15) is 0 Å². The molecule has 0 spiro atoms. The summed E-state index contributed by atoms with van der Waals surface area (Å²) in [5.74, 6) is -1.31. The number of ether oxygens (including phenoxy) is 1. The van der Waals surface area contributed by atoms with Crippen molar-refractivity contribution in [2.75, 3.05) is 7.11 Å². The third kappa shape index (κ3) is 1.89. The molecule has 0 atom stereocenters.